The fraction of sp³-hybridized carbons (Fsp3) is 0.0526. The lowest BCUT2D eigenvalue weighted by Crippen LogP contribution is -2.17. The first-order valence-corrected chi connectivity index (χ1v) is 8.24. The molecule has 0 unspecified atom stereocenters. The lowest BCUT2D eigenvalue weighted by atomic mass is 10.1. The van der Waals surface area contributed by atoms with Gasteiger partial charge in [-0.2, -0.15) is 10.4 Å². The first kappa shape index (κ1) is 20.4. The van der Waals surface area contributed by atoms with Crippen LogP contribution < -0.4 is 15.7 Å². The number of aromatic nitrogens is 2. The molecule has 3 aromatic rings. The third-order valence-electron chi connectivity index (χ3n) is 3.69. The second-order valence-electron chi connectivity index (χ2n) is 5.75. The largest absolute Gasteiger partial charge is 0.573 e. The number of ether oxygens (including phenoxy) is 1. The summed E-state index contributed by atoms with van der Waals surface area (Å²) in [5.41, 5.74) is 2.37. The van der Waals surface area contributed by atoms with Crippen molar-refractivity contribution in [2.24, 2.45) is 5.10 Å². The van der Waals surface area contributed by atoms with E-state index < -0.39 is 23.4 Å². The zero-order valence-electron chi connectivity index (χ0n) is 14.9. The third kappa shape index (κ3) is 4.93. The number of nitrogens with zero attached hydrogens (tertiary/aromatic N) is 3. The van der Waals surface area contributed by atoms with Gasteiger partial charge in [0.2, 0.25) is 5.95 Å². The maximum atomic E-state index is 12.2. The Kier molecular flexibility index (Phi) is 5.68. The van der Waals surface area contributed by atoms with Crippen LogP contribution in [0.4, 0.5) is 19.1 Å². The van der Waals surface area contributed by atoms with Gasteiger partial charge in [0.15, 0.2) is 0 Å². The van der Waals surface area contributed by atoms with E-state index in [2.05, 4.69) is 25.2 Å². The summed E-state index contributed by atoms with van der Waals surface area (Å²) in [5.74, 6) is -1.17. The number of aromatic amines is 1. The Hall–Kier alpha value is -4.33. The van der Waals surface area contributed by atoms with E-state index in [4.69, 9.17) is 0 Å². The summed E-state index contributed by atoms with van der Waals surface area (Å²) in [6.45, 7) is 0. The van der Waals surface area contributed by atoms with Crippen molar-refractivity contribution in [3.8, 4) is 28.8 Å². The summed E-state index contributed by atoms with van der Waals surface area (Å²) < 4.78 is 40.3. The average molecular weight is 415 g/mol. The van der Waals surface area contributed by atoms with Gasteiger partial charge in [-0.15, -0.1) is 13.2 Å². The van der Waals surface area contributed by atoms with Crippen LogP contribution in [-0.2, 0) is 0 Å². The number of H-pyrrole nitrogens is 1. The number of benzene rings is 2. The molecular weight excluding hydrogens is 403 g/mol. The summed E-state index contributed by atoms with van der Waals surface area (Å²) in [6.07, 6.45) is -3.78. The number of nitriles is 1. The van der Waals surface area contributed by atoms with Crippen LogP contribution in [0, 0.1) is 11.3 Å². The van der Waals surface area contributed by atoms with Gasteiger partial charge in [0.1, 0.15) is 23.1 Å². The van der Waals surface area contributed by atoms with Crippen LogP contribution in [-0.4, -0.2) is 27.7 Å². The van der Waals surface area contributed by atoms with Crippen molar-refractivity contribution in [3.05, 3.63) is 70.0 Å². The normalized spacial score (nSPS) is 11.3. The molecule has 3 N–H and O–H groups in total. The molecule has 0 aliphatic heterocycles. The van der Waals surface area contributed by atoms with E-state index in [1.165, 1.54) is 0 Å². The predicted octanol–water partition coefficient (Wildman–Crippen LogP) is 3.36. The van der Waals surface area contributed by atoms with Gasteiger partial charge < -0.3 is 9.84 Å². The highest BCUT2D eigenvalue weighted by Gasteiger charge is 2.31. The molecule has 0 aliphatic carbocycles. The Morgan fingerprint density at radius 1 is 1.23 bits per heavy atom. The van der Waals surface area contributed by atoms with Crippen molar-refractivity contribution in [2.45, 2.75) is 6.36 Å². The van der Waals surface area contributed by atoms with Crippen LogP contribution in [0.2, 0.25) is 0 Å². The van der Waals surface area contributed by atoms with Gasteiger partial charge in [0.25, 0.3) is 5.56 Å². The maximum Gasteiger partial charge on any atom is 0.573 e. The number of anilines is 1. The summed E-state index contributed by atoms with van der Waals surface area (Å²) in [6, 6.07) is 13.3. The molecule has 0 radical (unpaired) electrons. The summed E-state index contributed by atoms with van der Waals surface area (Å²) in [5, 5.41) is 22.8. The SMILES string of the molecule is N#Cc1c(-c2ccccc2)nc(NN=Cc2ccc(OC(F)(F)F)cc2O)[nH]c1=O. The molecule has 8 nitrogen and oxygen atoms in total. The highest BCUT2D eigenvalue weighted by Crippen LogP contribution is 2.27. The van der Waals surface area contributed by atoms with Crippen LogP contribution in [0.5, 0.6) is 11.5 Å². The fourth-order valence-electron chi connectivity index (χ4n) is 2.43. The van der Waals surface area contributed by atoms with Crippen LogP contribution in [0.3, 0.4) is 0 Å². The first-order chi connectivity index (χ1) is 14.3. The Bertz CT molecular complexity index is 1180. The molecule has 0 atom stereocenters. The van der Waals surface area contributed by atoms with Crippen molar-refractivity contribution < 1.29 is 23.0 Å². The van der Waals surface area contributed by atoms with Crippen LogP contribution in [0.15, 0.2) is 58.4 Å². The van der Waals surface area contributed by atoms with Crippen LogP contribution >= 0.6 is 0 Å². The number of aromatic hydroxyl groups is 1. The monoisotopic (exact) mass is 415 g/mol. The number of rotatable bonds is 5. The second kappa shape index (κ2) is 8.36. The number of phenols is 1. The van der Waals surface area contributed by atoms with Crippen molar-refractivity contribution in [1.82, 2.24) is 9.97 Å². The summed E-state index contributed by atoms with van der Waals surface area (Å²) in [7, 11) is 0. The molecule has 1 heterocycles. The van der Waals surface area contributed by atoms with Gasteiger partial charge in [-0.05, 0) is 12.1 Å². The molecule has 0 saturated carbocycles. The van der Waals surface area contributed by atoms with E-state index in [1.807, 2.05) is 0 Å². The van der Waals surface area contributed by atoms with Gasteiger partial charge >= 0.3 is 6.36 Å². The number of phenolic OH excluding ortho intramolecular Hbond substituents is 1. The number of alkyl halides is 3. The molecule has 152 valence electrons. The third-order valence-corrected chi connectivity index (χ3v) is 3.69. The Morgan fingerprint density at radius 2 is 1.97 bits per heavy atom. The first-order valence-electron chi connectivity index (χ1n) is 8.24. The quantitative estimate of drug-likeness (QED) is 0.434. The van der Waals surface area contributed by atoms with E-state index in [1.54, 1.807) is 36.4 Å². The van der Waals surface area contributed by atoms with Crippen molar-refractivity contribution >= 4 is 12.2 Å². The fourth-order valence-corrected chi connectivity index (χ4v) is 2.43. The zero-order valence-corrected chi connectivity index (χ0v) is 14.9. The van der Waals surface area contributed by atoms with Gasteiger partial charge in [-0.25, -0.2) is 10.4 Å². The Morgan fingerprint density at radius 3 is 2.60 bits per heavy atom. The zero-order chi connectivity index (χ0) is 21.7. The predicted molar refractivity (Wildman–Crippen MR) is 101 cm³/mol. The topological polar surface area (TPSA) is 123 Å². The number of nitrogens with one attached hydrogen (secondary N) is 2. The molecule has 11 heteroatoms. The van der Waals surface area contributed by atoms with E-state index >= 15 is 0 Å². The summed E-state index contributed by atoms with van der Waals surface area (Å²) in [4.78, 5) is 18.7. The van der Waals surface area contributed by atoms with E-state index in [0.717, 1.165) is 24.4 Å². The van der Waals surface area contributed by atoms with Gasteiger partial charge in [0, 0.05) is 17.2 Å². The lowest BCUT2D eigenvalue weighted by Gasteiger charge is -2.09. The molecule has 0 amide bonds. The standard InChI is InChI=1S/C19H12F3N5O3/c20-19(21,22)30-13-7-6-12(15(28)8-13)10-24-27-18-25-16(11-4-2-1-3-5-11)14(9-23)17(29)26-18/h1-8,10,28H,(H2,25,26,27,29). The van der Waals surface area contributed by atoms with Gasteiger partial charge in [-0.1, -0.05) is 30.3 Å². The van der Waals surface area contributed by atoms with Crippen LogP contribution in [0.1, 0.15) is 11.1 Å². The minimum Gasteiger partial charge on any atom is -0.507 e. The molecule has 0 spiro atoms. The van der Waals surface area contributed by atoms with Crippen LogP contribution in [0.25, 0.3) is 11.3 Å². The molecule has 0 bridgehead atoms. The highest BCUT2D eigenvalue weighted by atomic mass is 19.4. The van der Waals surface area contributed by atoms with Gasteiger partial charge in [-0.3, -0.25) is 9.78 Å². The van der Waals surface area contributed by atoms with Crippen molar-refractivity contribution in [1.29, 1.82) is 5.26 Å². The van der Waals surface area contributed by atoms with Gasteiger partial charge in [0.05, 0.1) is 11.9 Å². The molecule has 1 aromatic heterocycles. The number of hydrogen-bond donors (Lipinski definition) is 3. The summed E-state index contributed by atoms with van der Waals surface area (Å²) >= 11 is 0. The lowest BCUT2D eigenvalue weighted by molar-refractivity contribution is -0.274. The number of hydrazone groups is 1. The Labute approximate surface area is 166 Å². The minimum absolute atomic E-state index is 0.0781. The molecular formula is C19H12F3N5O3. The molecule has 0 saturated heterocycles. The maximum absolute atomic E-state index is 12.2. The molecule has 3 rings (SSSR count). The van der Waals surface area contributed by atoms with E-state index in [0.29, 0.717) is 5.56 Å². The smallest absolute Gasteiger partial charge is 0.507 e. The Balaban J connectivity index is 1.83. The molecule has 2 aromatic carbocycles. The van der Waals surface area contributed by atoms with E-state index in [-0.39, 0.29) is 22.8 Å². The average Bonchev–Trinajstić information content (AvgIpc) is 2.69. The highest BCUT2D eigenvalue weighted by molar-refractivity contribution is 5.84. The number of halogens is 3. The van der Waals surface area contributed by atoms with E-state index in [9.17, 15) is 28.3 Å². The van der Waals surface area contributed by atoms with Crippen molar-refractivity contribution in [3.63, 3.8) is 0 Å². The minimum atomic E-state index is -4.88. The second-order valence-corrected chi connectivity index (χ2v) is 5.75. The number of hydrogen-bond acceptors (Lipinski definition) is 7. The molecule has 0 aliphatic rings. The molecule has 0 fully saturated rings. The molecule has 30 heavy (non-hydrogen) atoms. The van der Waals surface area contributed by atoms with Crippen molar-refractivity contribution in [2.75, 3.05) is 5.43 Å².